The minimum Gasteiger partial charge on any atom is -0.490 e. The highest BCUT2D eigenvalue weighted by atomic mass is 16.5. The van der Waals surface area contributed by atoms with Crippen molar-refractivity contribution in [1.29, 1.82) is 0 Å². The van der Waals surface area contributed by atoms with Gasteiger partial charge in [0.2, 0.25) is 0 Å². The fraction of sp³-hybridized carbons (Fsp3) is 0.250. The highest BCUT2D eigenvalue weighted by molar-refractivity contribution is 5.90. The molecule has 0 unspecified atom stereocenters. The summed E-state index contributed by atoms with van der Waals surface area (Å²) < 4.78 is 5.77. The monoisotopic (exact) mass is 240 g/mol. The average molecular weight is 240 g/mol. The molecule has 1 N–H and O–H groups in total. The Hall–Kier alpha value is -1.98. The summed E-state index contributed by atoms with van der Waals surface area (Å²) >= 11 is 0. The van der Waals surface area contributed by atoms with Crippen molar-refractivity contribution in [2.75, 3.05) is 6.61 Å². The van der Waals surface area contributed by atoms with E-state index >= 15 is 0 Å². The Labute approximate surface area is 107 Å². The van der Waals surface area contributed by atoms with Crippen LogP contribution in [0, 0.1) is 11.8 Å². The Bertz CT molecular complexity index is 603. The first kappa shape index (κ1) is 12.5. The fourth-order valence-electron chi connectivity index (χ4n) is 1.86. The van der Waals surface area contributed by atoms with Gasteiger partial charge in [-0.25, -0.2) is 0 Å². The Morgan fingerprint density at radius 1 is 1.17 bits per heavy atom. The summed E-state index contributed by atoms with van der Waals surface area (Å²) in [7, 11) is 0. The van der Waals surface area contributed by atoms with Crippen LogP contribution in [0.5, 0.6) is 5.75 Å². The highest BCUT2D eigenvalue weighted by Gasteiger charge is 2.07. The van der Waals surface area contributed by atoms with E-state index in [2.05, 4.69) is 11.8 Å². The van der Waals surface area contributed by atoms with Gasteiger partial charge < -0.3 is 9.84 Å². The van der Waals surface area contributed by atoms with Gasteiger partial charge in [0.25, 0.3) is 0 Å². The van der Waals surface area contributed by atoms with Gasteiger partial charge in [-0.2, -0.15) is 0 Å². The number of aliphatic hydroxyl groups is 1. The van der Waals surface area contributed by atoms with Gasteiger partial charge in [-0.1, -0.05) is 42.2 Å². The number of aliphatic hydroxyl groups excluding tert-OH is 1. The molecule has 2 heteroatoms. The Morgan fingerprint density at radius 2 is 1.94 bits per heavy atom. The Balaban J connectivity index is 2.63. The molecule has 0 aliphatic carbocycles. The van der Waals surface area contributed by atoms with Gasteiger partial charge in [0.05, 0.1) is 11.7 Å². The van der Waals surface area contributed by atoms with E-state index in [1.165, 1.54) is 0 Å². The molecule has 0 heterocycles. The Kier molecular flexibility index (Phi) is 3.86. The van der Waals surface area contributed by atoms with Crippen molar-refractivity contribution < 1.29 is 9.84 Å². The van der Waals surface area contributed by atoms with Gasteiger partial charge in [0, 0.05) is 5.39 Å². The lowest BCUT2D eigenvalue weighted by Crippen LogP contribution is -2.07. The van der Waals surface area contributed by atoms with Crippen LogP contribution in [0.4, 0.5) is 0 Å². The first-order valence-corrected chi connectivity index (χ1v) is 6.00. The summed E-state index contributed by atoms with van der Waals surface area (Å²) in [6, 6.07) is 12.0. The molecule has 92 valence electrons. The van der Waals surface area contributed by atoms with E-state index in [0.717, 1.165) is 22.1 Å². The van der Waals surface area contributed by atoms with Crippen LogP contribution in [0.2, 0.25) is 0 Å². The average Bonchev–Trinajstić information content (AvgIpc) is 2.37. The molecule has 2 rings (SSSR count). The van der Waals surface area contributed by atoms with Crippen molar-refractivity contribution in [3.05, 3.63) is 42.0 Å². The molecule has 0 aromatic heterocycles. The van der Waals surface area contributed by atoms with Crippen LogP contribution in [-0.4, -0.2) is 17.8 Å². The second-order valence-electron chi connectivity index (χ2n) is 4.29. The van der Waals surface area contributed by atoms with Crippen molar-refractivity contribution in [2.24, 2.45) is 0 Å². The molecule has 0 aliphatic heterocycles. The van der Waals surface area contributed by atoms with Gasteiger partial charge in [0.1, 0.15) is 12.4 Å². The zero-order valence-electron chi connectivity index (χ0n) is 10.6. The molecule has 0 spiro atoms. The van der Waals surface area contributed by atoms with E-state index in [9.17, 15) is 0 Å². The number of hydrogen-bond donors (Lipinski definition) is 1. The molecule has 0 amide bonds. The molecule has 0 fully saturated rings. The molecule has 0 aliphatic rings. The molecule has 0 bridgehead atoms. The van der Waals surface area contributed by atoms with Gasteiger partial charge in [-0.15, -0.1) is 0 Å². The maximum absolute atomic E-state index is 8.86. The molecular formula is C16H16O2. The number of ether oxygens (including phenoxy) is 1. The zero-order valence-corrected chi connectivity index (χ0v) is 10.6. The third kappa shape index (κ3) is 2.64. The number of fused-ring (bicyclic) bond motifs is 1. The quantitative estimate of drug-likeness (QED) is 0.818. The second-order valence-corrected chi connectivity index (χ2v) is 4.29. The van der Waals surface area contributed by atoms with Crippen molar-refractivity contribution in [2.45, 2.75) is 20.0 Å². The third-order valence-corrected chi connectivity index (χ3v) is 2.55. The van der Waals surface area contributed by atoms with E-state index in [4.69, 9.17) is 9.84 Å². The molecule has 0 saturated carbocycles. The molecular weight excluding hydrogens is 224 g/mol. The molecule has 18 heavy (non-hydrogen) atoms. The van der Waals surface area contributed by atoms with Gasteiger partial charge in [-0.3, -0.25) is 0 Å². The third-order valence-electron chi connectivity index (χ3n) is 2.55. The van der Waals surface area contributed by atoms with Crippen LogP contribution >= 0.6 is 0 Å². The van der Waals surface area contributed by atoms with Crippen LogP contribution < -0.4 is 4.74 Å². The van der Waals surface area contributed by atoms with Crippen molar-refractivity contribution in [3.63, 3.8) is 0 Å². The van der Waals surface area contributed by atoms with Crippen LogP contribution in [0.1, 0.15) is 19.4 Å². The summed E-state index contributed by atoms with van der Waals surface area (Å²) in [6.45, 7) is 3.82. The lowest BCUT2D eigenvalue weighted by atomic mass is 10.0. The lowest BCUT2D eigenvalue weighted by molar-refractivity contribution is 0.242. The summed E-state index contributed by atoms with van der Waals surface area (Å²) in [5.41, 5.74) is 0.843. The number of benzene rings is 2. The van der Waals surface area contributed by atoms with Crippen LogP contribution in [0.25, 0.3) is 10.8 Å². The summed E-state index contributed by atoms with van der Waals surface area (Å²) in [5, 5.41) is 11.0. The van der Waals surface area contributed by atoms with E-state index in [1.807, 2.05) is 50.2 Å². The van der Waals surface area contributed by atoms with Crippen LogP contribution in [-0.2, 0) is 0 Å². The van der Waals surface area contributed by atoms with Crippen LogP contribution in [0.3, 0.4) is 0 Å². The zero-order chi connectivity index (χ0) is 13.0. The van der Waals surface area contributed by atoms with E-state index in [-0.39, 0.29) is 12.7 Å². The predicted molar refractivity (Wildman–Crippen MR) is 73.7 cm³/mol. The van der Waals surface area contributed by atoms with Crippen molar-refractivity contribution in [1.82, 2.24) is 0 Å². The van der Waals surface area contributed by atoms with E-state index in [0.29, 0.717) is 0 Å². The first-order valence-electron chi connectivity index (χ1n) is 6.00. The minimum atomic E-state index is -0.148. The van der Waals surface area contributed by atoms with E-state index in [1.54, 1.807) is 0 Å². The normalized spacial score (nSPS) is 10.2. The van der Waals surface area contributed by atoms with E-state index < -0.39 is 0 Å². The fourth-order valence-corrected chi connectivity index (χ4v) is 1.86. The number of hydrogen-bond acceptors (Lipinski definition) is 2. The van der Waals surface area contributed by atoms with Crippen LogP contribution in [0.15, 0.2) is 36.4 Å². The topological polar surface area (TPSA) is 29.5 Å². The standard InChI is InChI=1S/C16H16O2/c1-12(2)18-16-10-9-13-6-3-4-7-14(13)15(16)8-5-11-17/h3-4,6-7,9-10,12,17H,11H2,1-2H3. The van der Waals surface area contributed by atoms with Gasteiger partial charge in [-0.05, 0) is 25.3 Å². The molecule has 2 aromatic rings. The minimum absolute atomic E-state index is 0.0980. The summed E-state index contributed by atoms with van der Waals surface area (Å²) in [6.07, 6.45) is 0.0980. The largest absolute Gasteiger partial charge is 0.490 e. The molecule has 2 aromatic carbocycles. The highest BCUT2D eigenvalue weighted by Crippen LogP contribution is 2.28. The summed E-state index contributed by atoms with van der Waals surface area (Å²) in [4.78, 5) is 0. The molecule has 2 nitrogen and oxygen atoms in total. The number of rotatable bonds is 2. The van der Waals surface area contributed by atoms with Gasteiger partial charge >= 0.3 is 0 Å². The maximum atomic E-state index is 8.86. The van der Waals surface area contributed by atoms with Crippen molar-refractivity contribution in [3.8, 4) is 17.6 Å². The maximum Gasteiger partial charge on any atom is 0.135 e. The second kappa shape index (κ2) is 5.57. The molecule has 0 atom stereocenters. The Morgan fingerprint density at radius 3 is 2.67 bits per heavy atom. The SMILES string of the molecule is CC(C)Oc1ccc2ccccc2c1C#CCO. The smallest absolute Gasteiger partial charge is 0.135 e. The van der Waals surface area contributed by atoms with Crippen molar-refractivity contribution >= 4 is 10.8 Å². The summed E-state index contributed by atoms with van der Waals surface area (Å²) in [5.74, 6) is 6.45. The molecule has 0 radical (unpaired) electrons. The first-order chi connectivity index (χ1) is 8.72. The van der Waals surface area contributed by atoms with Gasteiger partial charge in [0.15, 0.2) is 0 Å². The predicted octanol–water partition coefficient (Wildman–Crippen LogP) is 2.97. The molecule has 0 saturated heterocycles. The lowest BCUT2D eigenvalue weighted by Gasteiger charge is -2.13.